The van der Waals surface area contributed by atoms with E-state index in [0.29, 0.717) is 17.5 Å². The van der Waals surface area contributed by atoms with Crippen molar-refractivity contribution in [3.8, 4) is 5.88 Å². The number of amides is 1. The van der Waals surface area contributed by atoms with Crippen molar-refractivity contribution in [3.63, 3.8) is 0 Å². The Morgan fingerprint density at radius 3 is 2.70 bits per heavy atom. The molecule has 30 heavy (non-hydrogen) atoms. The van der Waals surface area contributed by atoms with Crippen LogP contribution >= 0.6 is 0 Å². The van der Waals surface area contributed by atoms with E-state index < -0.39 is 11.9 Å². The van der Waals surface area contributed by atoms with Crippen molar-refractivity contribution in [1.29, 1.82) is 0 Å². The number of nitrogens with zero attached hydrogens (tertiary/aromatic N) is 2. The number of methoxy groups -OCH3 is 1. The van der Waals surface area contributed by atoms with Crippen LogP contribution in [0.3, 0.4) is 0 Å². The quantitative estimate of drug-likeness (QED) is 0.636. The Labute approximate surface area is 174 Å². The third-order valence-corrected chi connectivity index (χ3v) is 5.26. The number of aromatic nitrogens is 2. The van der Waals surface area contributed by atoms with E-state index in [0.717, 1.165) is 40.9 Å². The first-order valence-corrected chi connectivity index (χ1v) is 9.77. The van der Waals surface area contributed by atoms with Crippen LogP contribution < -0.4 is 10.5 Å². The first-order chi connectivity index (χ1) is 14.5. The zero-order chi connectivity index (χ0) is 21.3. The monoisotopic (exact) mass is 405 g/mol. The summed E-state index contributed by atoms with van der Waals surface area (Å²) in [6.45, 7) is 1.59. The van der Waals surface area contributed by atoms with Crippen molar-refractivity contribution in [2.24, 2.45) is 5.73 Å². The van der Waals surface area contributed by atoms with Gasteiger partial charge in [0.2, 0.25) is 11.8 Å². The molecule has 0 saturated heterocycles. The van der Waals surface area contributed by atoms with Gasteiger partial charge in [-0.15, -0.1) is 0 Å². The molecule has 0 aliphatic heterocycles. The maximum atomic E-state index is 12.2. The zero-order valence-electron chi connectivity index (χ0n) is 17.0. The Morgan fingerprint density at radius 1 is 1.23 bits per heavy atom. The van der Waals surface area contributed by atoms with Crippen LogP contribution in [0.1, 0.15) is 34.5 Å². The van der Waals surface area contributed by atoms with Gasteiger partial charge in [0.25, 0.3) is 0 Å². The van der Waals surface area contributed by atoms with E-state index in [-0.39, 0.29) is 12.5 Å². The van der Waals surface area contributed by atoms with Crippen LogP contribution in [0.25, 0.3) is 11.1 Å². The van der Waals surface area contributed by atoms with E-state index in [9.17, 15) is 9.59 Å². The minimum atomic E-state index is -0.507. The summed E-state index contributed by atoms with van der Waals surface area (Å²) in [7, 11) is 1.30. The maximum Gasteiger partial charge on any atom is 0.343 e. The summed E-state index contributed by atoms with van der Waals surface area (Å²) in [5.41, 5.74) is 11.6. The molecule has 1 aliphatic rings. The second-order valence-corrected chi connectivity index (χ2v) is 7.25. The summed E-state index contributed by atoms with van der Waals surface area (Å²) in [4.78, 5) is 28.4. The predicted octanol–water partition coefficient (Wildman–Crippen LogP) is 2.60. The molecule has 1 aromatic carbocycles. The van der Waals surface area contributed by atoms with Gasteiger partial charge >= 0.3 is 5.97 Å². The maximum absolute atomic E-state index is 12.2. The molecule has 0 fully saturated rings. The molecule has 7 heteroatoms. The molecule has 3 aromatic rings. The highest BCUT2D eigenvalue weighted by atomic mass is 16.6. The third kappa shape index (κ3) is 3.54. The molecule has 0 radical (unpaired) electrons. The standard InChI is InChI=1S/C23H23N3O4/c1-14-12-26-18(11-15-7-4-3-5-8-15)16-9-6-10-17(22(24)28)20(16)21(26)23(25-14)30-13-19(27)29-2/h3-5,7-8,10,12H,6,9,11,13H2,1-2H3,(H2,24,28). The number of fused-ring (bicyclic) bond motifs is 3. The largest absolute Gasteiger partial charge is 0.466 e. The molecule has 1 aliphatic carbocycles. The average Bonchev–Trinajstić information content (AvgIpc) is 3.05. The van der Waals surface area contributed by atoms with Gasteiger partial charge in [-0.1, -0.05) is 36.4 Å². The summed E-state index contributed by atoms with van der Waals surface area (Å²) in [5, 5.41) is 0. The van der Waals surface area contributed by atoms with E-state index in [1.807, 2.05) is 41.8 Å². The van der Waals surface area contributed by atoms with Crippen molar-refractivity contribution in [1.82, 2.24) is 9.38 Å². The number of carbonyl (C=O) groups excluding carboxylic acids is 2. The van der Waals surface area contributed by atoms with Gasteiger partial charge in [0, 0.05) is 29.4 Å². The molecule has 0 unspecified atom stereocenters. The molecular formula is C23H23N3O4. The van der Waals surface area contributed by atoms with Crippen LogP contribution in [0.15, 0.2) is 42.6 Å². The molecule has 2 aromatic heterocycles. The van der Waals surface area contributed by atoms with E-state index >= 15 is 0 Å². The highest BCUT2D eigenvalue weighted by Gasteiger charge is 2.29. The van der Waals surface area contributed by atoms with Crippen LogP contribution in [0, 0.1) is 6.92 Å². The van der Waals surface area contributed by atoms with Crippen molar-refractivity contribution in [3.05, 3.63) is 70.7 Å². The molecule has 0 bridgehead atoms. The number of hydrogen-bond acceptors (Lipinski definition) is 5. The number of benzene rings is 1. The SMILES string of the molecule is COC(=O)COc1nc(C)cn2c(Cc3ccccc3)c3c(c12)C(C(N)=O)=CCC3. The number of rotatable bonds is 6. The fourth-order valence-corrected chi connectivity index (χ4v) is 3.98. The van der Waals surface area contributed by atoms with Crippen molar-refractivity contribution in [2.45, 2.75) is 26.2 Å². The highest BCUT2D eigenvalue weighted by Crippen LogP contribution is 2.39. The van der Waals surface area contributed by atoms with E-state index in [1.165, 1.54) is 7.11 Å². The third-order valence-electron chi connectivity index (χ3n) is 5.26. The first-order valence-electron chi connectivity index (χ1n) is 9.77. The topological polar surface area (TPSA) is 95.9 Å². The zero-order valence-corrected chi connectivity index (χ0v) is 17.0. The molecule has 7 nitrogen and oxygen atoms in total. The normalized spacial score (nSPS) is 12.9. The average molecular weight is 405 g/mol. The molecule has 154 valence electrons. The molecule has 0 saturated carbocycles. The van der Waals surface area contributed by atoms with Gasteiger partial charge in [-0.3, -0.25) is 4.79 Å². The number of carbonyl (C=O) groups is 2. The van der Waals surface area contributed by atoms with Gasteiger partial charge in [-0.05, 0) is 30.9 Å². The van der Waals surface area contributed by atoms with Gasteiger partial charge in [0.1, 0.15) is 5.52 Å². The Balaban J connectivity index is 1.96. The van der Waals surface area contributed by atoms with Gasteiger partial charge in [0.05, 0.1) is 12.8 Å². The minimum Gasteiger partial charge on any atom is -0.466 e. The molecule has 4 rings (SSSR count). The Kier molecular flexibility index (Phi) is 5.27. The van der Waals surface area contributed by atoms with Crippen LogP contribution in [0.4, 0.5) is 0 Å². The second-order valence-electron chi connectivity index (χ2n) is 7.25. The summed E-state index contributed by atoms with van der Waals surface area (Å²) >= 11 is 0. The Hall–Kier alpha value is -3.61. The van der Waals surface area contributed by atoms with E-state index in [2.05, 4.69) is 21.9 Å². The van der Waals surface area contributed by atoms with Gasteiger partial charge in [-0.25, -0.2) is 9.78 Å². The highest BCUT2D eigenvalue weighted by molar-refractivity contribution is 6.22. The van der Waals surface area contributed by atoms with E-state index in [4.69, 9.17) is 10.5 Å². The lowest BCUT2D eigenvalue weighted by atomic mass is 9.90. The molecule has 0 atom stereocenters. The number of ether oxygens (including phenoxy) is 2. The number of nitrogens with two attached hydrogens (primary N) is 1. The predicted molar refractivity (Wildman–Crippen MR) is 112 cm³/mol. The molecular weight excluding hydrogens is 382 g/mol. The molecule has 0 spiro atoms. The van der Waals surface area contributed by atoms with Crippen LogP contribution in [0.5, 0.6) is 5.88 Å². The lowest BCUT2D eigenvalue weighted by molar-refractivity contribution is -0.143. The van der Waals surface area contributed by atoms with Crippen molar-refractivity contribution >= 4 is 23.0 Å². The Bertz CT molecular complexity index is 1160. The van der Waals surface area contributed by atoms with Crippen LogP contribution in [-0.4, -0.2) is 35.0 Å². The number of allylic oxidation sites excluding steroid dienone is 1. The number of hydrogen-bond donors (Lipinski definition) is 1. The van der Waals surface area contributed by atoms with Gasteiger partial charge in [-0.2, -0.15) is 0 Å². The summed E-state index contributed by atoms with van der Waals surface area (Å²) in [6.07, 6.45) is 5.99. The van der Waals surface area contributed by atoms with Crippen molar-refractivity contribution < 1.29 is 19.1 Å². The second kappa shape index (κ2) is 8.02. The molecule has 2 N–H and O–H groups in total. The van der Waals surface area contributed by atoms with E-state index in [1.54, 1.807) is 0 Å². The molecule has 2 heterocycles. The van der Waals surface area contributed by atoms with Crippen LogP contribution in [0.2, 0.25) is 0 Å². The van der Waals surface area contributed by atoms with Gasteiger partial charge in [0.15, 0.2) is 6.61 Å². The smallest absolute Gasteiger partial charge is 0.343 e. The lowest BCUT2D eigenvalue weighted by Crippen LogP contribution is -2.17. The lowest BCUT2D eigenvalue weighted by Gasteiger charge is -2.14. The summed E-state index contributed by atoms with van der Waals surface area (Å²) < 4.78 is 12.4. The van der Waals surface area contributed by atoms with Crippen LogP contribution in [-0.2, 0) is 27.2 Å². The number of aryl methyl sites for hydroxylation is 1. The van der Waals surface area contributed by atoms with Crippen molar-refractivity contribution in [2.75, 3.05) is 13.7 Å². The molecule has 1 amide bonds. The Morgan fingerprint density at radius 2 is 2.00 bits per heavy atom. The fourth-order valence-electron chi connectivity index (χ4n) is 3.98. The first kappa shape index (κ1) is 19.7. The summed E-state index contributed by atoms with van der Waals surface area (Å²) in [5.74, 6) is -0.716. The number of esters is 1. The summed E-state index contributed by atoms with van der Waals surface area (Å²) in [6, 6.07) is 10.1. The van der Waals surface area contributed by atoms with Gasteiger partial charge < -0.3 is 19.6 Å². The fraction of sp³-hybridized carbons (Fsp3) is 0.261. The minimum absolute atomic E-state index is 0.272. The number of primary amides is 1.